The third-order valence-electron chi connectivity index (χ3n) is 1.78. The fraction of sp³-hybridized carbons (Fsp3) is 0. The van der Waals surface area contributed by atoms with Crippen LogP contribution in [0.3, 0.4) is 0 Å². The summed E-state index contributed by atoms with van der Waals surface area (Å²) < 4.78 is 0. The summed E-state index contributed by atoms with van der Waals surface area (Å²) in [7, 11) is 0. The molecule has 0 spiro atoms. The fourth-order valence-electron chi connectivity index (χ4n) is 1.15. The van der Waals surface area contributed by atoms with E-state index in [9.17, 15) is 4.79 Å². The fourth-order valence-corrected chi connectivity index (χ4v) is 1.15. The van der Waals surface area contributed by atoms with Crippen molar-refractivity contribution in [3.05, 3.63) is 40.7 Å². The van der Waals surface area contributed by atoms with Gasteiger partial charge in [-0.25, -0.2) is 0 Å². The Labute approximate surface area is 74.0 Å². The first-order chi connectivity index (χ1) is 6.29. The molecule has 2 N–H and O–H groups in total. The number of nitrogen functional groups attached to an aromatic ring is 1. The Morgan fingerprint density at radius 2 is 2.08 bits per heavy atom. The number of nitrogens with zero attached hydrogens (tertiary/aromatic N) is 2. The lowest BCUT2D eigenvalue weighted by Crippen LogP contribution is -1.96. The highest BCUT2D eigenvalue weighted by atomic mass is 16.1. The van der Waals surface area contributed by atoms with Crippen LogP contribution in [-0.4, -0.2) is 10.2 Å². The number of hydrogen-bond donors (Lipinski definition) is 1. The van der Waals surface area contributed by atoms with Crippen LogP contribution in [0.25, 0.3) is 10.9 Å². The van der Waals surface area contributed by atoms with Crippen molar-refractivity contribution in [2.24, 2.45) is 0 Å². The first-order valence-corrected chi connectivity index (χ1v) is 3.79. The van der Waals surface area contributed by atoms with Gasteiger partial charge in [0.1, 0.15) is 5.52 Å². The van der Waals surface area contributed by atoms with Crippen LogP contribution < -0.4 is 11.2 Å². The van der Waals surface area contributed by atoms with Crippen LogP contribution in [0.5, 0.6) is 0 Å². The summed E-state index contributed by atoms with van der Waals surface area (Å²) in [6.45, 7) is 0. The standard InChI is InChI=1S/C9H7N3O/c10-7-3-1-2-6-8(13)4-5-11-12-9(6)7/h1-5H,10H2. The number of nitrogens with two attached hydrogens (primary N) is 1. The Bertz CT molecular complexity index is 510. The Morgan fingerprint density at radius 1 is 1.23 bits per heavy atom. The number of aromatic nitrogens is 2. The third kappa shape index (κ3) is 1.22. The van der Waals surface area contributed by atoms with Crippen LogP contribution in [-0.2, 0) is 0 Å². The quantitative estimate of drug-likeness (QED) is 0.591. The van der Waals surface area contributed by atoms with E-state index in [1.54, 1.807) is 18.2 Å². The lowest BCUT2D eigenvalue weighted by atomic mass is 10.2. The van der Waals surface area contributed by atoms with Gasteiger partial charge in [-0.05, 0) is 12.1 Å². The van der Waals surface area contributed by atoms with E-state index < -0.39 is 0 Å². The Morgan fingerprint density at radius 3 is 2.92 bits per heavy atom. The van der Waals surface area contributed by atoms with E-state index in [0.29, 0.717) is 16.6 Å². The van der Waals surface area contributed by atoms with Gasteiger partial charge in [0, 0.05) is 6.07 Å². The van der Waals surface area contributed by atoms with Crippen molar-refractivity contribution in [1.82, 2.24) is 10.2 Å². The van der Waals surface area contributed by atoms with Crippen molar-refractivity contribution < 1.29 is 0 Å². The summed E-state index contributed by atoms with van der Waals surface area (Å²) in [4.78, 5) is 11.4. The molecule has 4 heteroatoms. The van der Waals surface area contributed by atoms with Crippen molar-refractivity contribution in [3.63, 3.8) is 0 Å². The summed E-state index contributed by atoms with van der Waals surface area (Å²) >= 11 is 0. The van der Waals surface area contributed by atoms with E-state index in [2.05, 4.69) is 10.2 Å². The Balaban J connectivity index is 3.08. The molecule has 0 amide bonds. The van der Waals surface area contributed by atoms with E-state index in [1.807, 2.05) is 0 Å². The molecule has 13 heavy (non-hydrogen) atoms. The second-order valence-corrected chi connectivity index (χ2v) is 2.64. The smallest absolute Gasteiger partial charge is 0.189 e. The maximum atomic E-state index is 11.4. The van der Waals surface area contributed by atoms with E-state index in [4.69, 9.17) is 5.73 Å². The van der Waals surface area contributed by atoms with E-state index in [0.717, 1.165) is 0 Å². The zero-order valence-corrected chi connectivity index (χ0v) is 6.77. The van der Waals surface area contributed by atoms with Gasteiger partial charge in [0.2, 0.25) is 0 Å². The van der Waals surface area contributed by atoms with Gasteiger partial charge in [0.05, 0.1) is 17.3 Å². The van der Waals surface area contributed by atoms with E-state index in [1.165, 1.54) is 12.3 Å². The molecule has 0 saturated carbocycles. The molecule has 0 bridgehead atoms. The van der Waals surface area contributed by atoms with Crippen molar-refractivity contribution in [2.75, 3.05) is 5.73 Å². The van der Waals surface area contributed by atoms with Crippen molar-refractivity contribution in [3.8, 4) is 0 Å². The molecule has 1 aromatic heterocycles. The minimum Gasteiger partial charge on any atom is -0.397 e. The molecule has 64 valence electrons. The number of hydrogen-bond acceptors (Lipinski definition) is 4. The molecule has 0 radical (unpaired) electrons. The summed E-state index contributed by atoms with van der Waals surface area (Å²) in [5, 5.41) is 7.99. The average molecular weight is 173 g/mol. The molecule has 1 heterocycles. The molecule has 0 aliphatic heterocycles. The van der Waals surface area contributed by atoms with Gasteiger partial charge in [-0.15, -0.1) is 5.10 Å². The van der Waals surface area contributed by atoms with Crippen LogP contribution in [0, 0.1) is 0 Å². The summed E-state index contributed by atoms with van der Waals surface area (Å²) in [5.41, 5.74) is 6.45. The van der Waals surface area contributed by atoms with Crippen LogP contribution in [0.2, 0.25) is 0 Å². The van der Waals surface area contributed by atoms with Gasteiger partial charge >= 0.3 is 0 Å². The minimum atomic E-state index is -0.118. The zero-order chi connectivity index (χ0) is 9.26. The summed E-state index contributed by atoms with van der Waals surface area (Å²) in [6, 6.07) is 6.47. The monoisotopic (exact) mass is 173 g/mol. The molecule has 2 rings (SSSR count). The van der Waals surface area contributed by atoms with Gasteiger partial charge in [-0.3, -0.25) is 4.79 Å². The average Bonchev–Trinajstić information content (AvgIpc) is 2.30. The second kappa shape index (κ2) is 2.82. The number of rotatable bonds is 0. The second-order valence-electron chi connectivity index (χ2n) is 2.64. The normalized spacial score (nSPS) is 10.2. The van der Waals surface area contributed by atoms with Crippen LogP contribution in [0.1, 0.15) is 0 Å². The van der Waals surface area contributed by atoms with Gasteiger partial charge in [-0.2, -0.15) is 5.10 Å². The maximum absolute atomic E-state index is 11.4. The molecular formula is C9H7N3O. The Hall–Kier alpha value is -1.97. The SMILES string of the molecule is Nc1cccc2c(=O)ccnnc12. The van der Waals surface area contributed by atoms with Crippen LogP contribution in [0.15, 0.2) is 35.3 Å². The number of fused-ring (bicyclic) bond motifs is 1. The molecule has 0 atom stereocenters. The topological polar surface area (TPSA) is 68.9 Å². The van der Waals surface area contributed by atoms with Crippen molar-refractivity contribution >= 4 is 16.6 Å². The van der Waals surface area contributed by atoms with Crippen LogP contribution >= 0.6 is 0 Å². The number of anilines is 1. The summed E-state index contributed by atoms with van der Waals surface area (Å²) in [5.74, 6) is 0. The highest BCUT2D eigenvalue weighted by Gasteiger charge is 1.99. The lowest BCUT2D eigenvalue weighted by molar-refractivity contribution is 1.09. The van der Waals surface area contributed by atoms with Crippen LogP contribution in [0.4, 0.5) is 5.69 Å². The largest absolute Gasteiger partial charge is 0.397 e. The predicted octanol–water partition coefficient (Wildman–Crippen LogP) is 0.572. The van der Waals surface area contributed by atoms with Gasteiger partial charge in [-0.1, -0.05) is 6.07 Å². The first kappa shape index (κ1) is 7.67. The van der Waals surface area contributed by atoms with E-state index in [-0.39, 0.29) is 5.43 Å². The van der Waals surface area contributed by atoms with Gasteiger partial charge < -0.3 is 5.73 Å². The molecule has 0 aliphatic carbocycles. The molecule has 0 aliphatic rings. The molecule has 2 aromatic rings. The number of benzene rings is 1. The highest BCUT2D eigenvalue weighted by molar-refractivity contribution is 5.88. The molecule has 0 unspecified atom stereocenters. The molecule has 4 nitrogen and oxygen atoms in total. The predicted molar refractivity (Wildman–Crippen MR) is 50.2 cm³/mol. The van der Waals surface area contributed by atoms with E-state index >= 15 is 0 Å². The van der Waals surface area contributed by atoms with Gasteiger partial charge in [0.15, 0.2) is 5.43 Å². The molecule has 0 saturated heterocycles. The van der Waals surface area contributed by atoms with Gasteiger partial charge in [0.25, 0.3) is 0 Å². The van der Waals surface area contributed by atoms with Crippen molar-refractivity contribution in [1.29, 1.82) is 0 Å². The lowest BCUT2D eigenvalue weighted by Gasteiger charge is -1.93. The molecule has 0 fully saturated rings. The minimum absolute atomic E-state index is 0.118. The summed E-state index contributed by atoms with van der Waals surface area (Å²) in [6.07, 6.45) is 1.36. The first-order valence-electron chi connectivity index (χ1n) is 3.79. The Kier molecular flexibility index (Phi) is 1.66. The zero-order valence-electron chi connectivity index (χ0n) is 6.77. The molecular weight excluding hydrogens is 166 g/mol. The third-order valence-corrected chi connectivity index (χ3v) is 1.78. The highest BCUT2D eigenvalue weighted by Crippen LogP contribution is 2.12. The molecule has 1 aromatic carbocycles. The van der Waals surface area contributed by atoms with Crippen molar-refractivity contribution in [2.45, 2.75) is 0 Å². The maximum Gasteiger partial charge on any atom is 0.189 e.